The molecule has 1 aromatic carbocycles. The fourth-order valence-electron chi connectivity index (χ4n) is 1.53. The van der Waals surface area contributed by atoms with E-state index in [-0.39, 0.29) is 11.7 Å². The van der Waals surface area contributed by atoms with E-state index >= 15 is 0 Å². The zero-order chi connectivity index (χ0) is 12.1. The van der Waals surface area contributed by atoms with E-state index in [4.69, 9.17) is 16.9 Å². The molecule has 0 aliphatic carbocycles. The Hall–Kier alpha value is -1.11. The van der Waals surface area contributed by atoms with Crippen LogP contribution in [0.1, 0.15) is 12.5 Å². The first-order valence-corrected chi connectivity index (χ1v) is 5.43. The summed E-state index contributed by atoms with van der Waals surface area (Å²) in [5.74, 6) is -0.375. The molecule has 0 unspecified atom stereocenters. The van der Waals surface area contributed by atoms with E-state index in [1.165, 1.54) is 6.07 Å². The Balaban J connectivity index is 2.70. The first-order valence-electron chi connectivity index (χ1n) is 5.05. The molecular weight excluding hydrogens is 227 g/mol. The normalized spacial score (nSPS) is 12.5. The van der Waals surface area contributed by atoms with Crippen molar-refractivity contribution in [1.82, 2.24) is 4.90 Å². The maximum absolute atomic E-state index is 13.5. The van der Waals surface area contributed by atoms with Crippen molar-refractivity contribution in [3.05, 3.63) is 34.6 Å². The average Bonchev–Trinajstić information content (AvgIpc) is 2.23. The van der Waals surface area contributed by atoms with E-state index in [1.54, 1.807) is 12.1 Å². The summed E-state index contributed by atoms with van der Waals surface area (Å²) in [5.41, 5.74) is 0.483. The Morgan fingerprint density at radius 1 is 1.56 bits per heavy atom. The fraction of sp³-hybridized carbons (Fsp3) is 0.417. The summed E-state index contributed by atoms with van der Waals surface area (Å²) in [6.45, 7) is 2.85. The van der Waals surface area contributed by atoms with Gasteiger partial charge in [0.25, 0.3) is 0 Å². The average molecular weight is 241 g/mol. The van der Waals surface area contributed by atoms with Crippen molar-refractivity contribution >= 4 is 11.6 Å². The quantitative estimate of drug-likeness (QED) is 0.809. The molecule has 0 radical (unpaired) electrons. The number of nitriles is 1. The second kappa shape index (κ2) is 5.83. The van der Waals surface area contributed by atoms with Gasteiger partial charge in [0, 0.05) is 23.7 Å². The lowest BCUT2D eigenvalue weighted by molar-refractivity contribution is 0.298. The lowest BCUT2D eigenvalue weighted by atomic mass is 10.1. The Kier molecular flexibility index (Phi) is 4.72. The summed E-state index contributed by atoms with van der Waals surface area (Å²) >= 11 is 5.91. The first kappa shape index (κ1) is 13.0. The van der Waals surface area contributed by atoms with Gasteiger partial charge in [-0.1, -0.05) is 17.7 Å². The fourth-order valence-corrected chi connectivity index (χ4v) is 1.75. The predicted octanol–water partition coefficient (Wildman–Crippen LogP) is 3.07. The van der Waals surface area contributed by atoms with Crippen molar-refractivity contribution in [2.24, 2.45) is 5.92 Å². The minimum Gasteiger partial charge on any atom is -0.301 e. The van der Waals surface area contributed by atoms with Gasteiger partial charge in [0.15, 0.2) is 0 Å². The third-order valence-corrected chi connectivity index (χ3v) is 2.65. The van der Waals surface area contributed by atoms with Crippen LogP contribution in [-0.4, -0.2) is 18.5 Å². The number of hydrogen-bond donors (Lipinski definition) is 0. The molecule has 0 N–H and O–H groups in total. The number of nitrogens with zero attached hydrogens (tertiary/aromatic N) is 2. The van der Waals surface area contributed by atoms with Gasteiger partial charge in [0.1, 0.15) is 5.82 Å². The van der Waals surface area contributed by atoms with Gasteiger partial charge in [-0.25, -0.2) is 4.39 Å². The van der Waals surface area contributed by atoms with E-state index in [9.17, 15) is 4.39 Å². The Morgan fingerprint density at radius 3 is 2.81 bits per heavy atom. The summed E-state index contributed by atoms with van der Waals surface area (Å²) in [6, 6.07) is 6.78. The lowest BCUT2D eigenvalue weighted by Crippen LogP contribution is -2.24. The predicted molar refractivity (Wildman–Crippen MR) is 62.5 cm³/mol. The van der Waals surface area contributed by atoms with Gasteiger partial charge < -0.3 is 4.90 Å². The summed E-state index contributed by atoms with van der Waals surface area (Å²) in [6.07, 6.45) is 0. The van der Waals surface area contributed by atoms with E-state index in [2.05, 4.69) is 6.07 Å². The van der Waals surface area contributed by atoms with Crippen molar-refractivity contribution in [3.8, 4) is 6.07 Å². The molecule has 16 heavy (non-hydrogen) atoms. The highest BCUT2D eigenvalue weighted by molar-refractivity contribution is 6.31. The Bertz CT molecular complexity index is 380. The molecule has 2 nitrogen and oxygen atoms in total. The van der Waals surface area contributed by atoms with E-state index in [0.29, 0.717) is 23.7 Å². The molecule has 4 heteroatoms. The molecule has 0 amide bonds. The second-order valence-electron chi connectivity index (χ2n) is 3.93. The molecule has 0 bridgehead atoms. The third-order valence-electron chi connectivity index (χ3n) is 2.30. The van der Waals surface area contributed by atoms with Crippen LogP contribution in [0.2, 0.25) is 5.02 Å². The monoisotopic (exact) mass is 240 g/mol. The molecule has 86 valence electrons. The van der Waals surface area contributed by atoms with Gasteiger partial charge >= 0.3 is 0 Å². The molecule has 1 atom stereocenters. The van der Waals surface area contributed by atoms with Gasteiger partial charge in [-0.05, 0) is 26.1 Å². The zero-order valence-electron chi connectivity index (χ0n) is 9.37. The highest BCUT2D eigenvalue weighted by Gasteiger charge is 2.11. The first-order chi connectivity index (χ1) is 7.54. The SMILES string of the molecule is C[C@H](C#N)CN(C)Cc1c(F)cccc1Cl. The van der Waals surface area contributed by atoms with E-state index in [1.807, 2.05) is 18.9 Å². The number of hydrogen-bond acceptors (Lipinski definition) is 2. The number of benzene rings is 1. The molecule has 0 aliphatic heterocycles. The van der Waals surface area contributed by atoms with Crippen LogP contribution in [0.4, 0.5) is 4.39 Å². The molecular formula is C12H14ClFN2. The summed E-state index contributed by atoms with van der Waals surface area (Å²) in [7, 11) is 1.84. The molecule has 0 aromatic heterocycles. The molecule has 0 saturated carbocycles. The minimum absolute atomic E-state index is 0.0736. The van der Waals surface area contributed by atoms with Crippen LogP contribution < -0.4 is 0 Å². The summed E-state index contributed by atoms with van der Waals surface area (Å²) in [5, 5.41) is 9.11. The van der Waals surface area contributed by atoms with Crippen molar-refractivity contribution in [1.29, 1.82) is 5.26 Å². The number of halogens is 2. The van der Waals surface area contributed by atoms with Crippen molar-refractivity contribution < 1.29 is 4.39 Å². The maximum Gasteiger partial charge on any atom is 0.129 e. The Morgan fingerprint density at radius 2 is 2.25 bits per heavy atom. The van der Waals surface area contributed by atoms with Crippen LogP contribution in [0.5, 0.6) is 0 Å². The largest absolute Gasteiger partial charge is 0.301 e. The Labute approximate surface area is 100 Å². The summed E-state index contributed by atoms with van der Waals surface area (Å²) < 4.78 is 13.5. The zero-order valence-corrected chi connectivity index (χ0v) is 10.1. The van der Waals surface area contributed by atoms with Gasteiger partial charge in [-0.3, -0.25) is 0 Å². The van der Waals surface area contributed by atoms with Gasteiger partial charge in [-0.2, -0.15) is 5.26 Å². The maximum atomic E-state index is 13.5. The van der Waals surface area contributed by atoms with Crippen LogP contribution in [0.25, 0.3) is 0 Å². The van der Waals surface area contributed by atoms with Crippen LogP contribution >= 0.6 is 11.6 Å². The molecule has 0 saturated heterocycles. The number of rotatable bonds is 4. The smallest absolute Gasteiger partial charge is 0.129 e. The highest BCUT2D eigenvalue weighted by Crippen LogP contribution is 2.20. The molecule has 1 rings (SSSR count). The molecule has 1 aromatic rings. The van der Waals surface area contributed by atoms with E-state index < -0.39 is 0 Å². The molecule has 0 heterocycles. The lowest BCUT2D eigenvalue weighted by Gasteiger charge is -2.18. The molecule has 0 aliphatic rings. The highest BCUT2D eigenvalue weighted by atomic mass is 35.5. The minimum atomic E-state index is -0.302. The molecule has 0 fully saturated rings. The standard InChI is InChI=1S/C12H14ClFN2/c1-9(6-15)7-16(2)8-10-11(13)4-3-5-12(10)14/h3-5,9H,7-8H2,1-2H3/t9-/m1/s1. The van der Waals surface area contributed by atoms with E-state index in [0.717, 1.165) is 0 Å². The van der Waals surface area contributed by atoms with Crippen LogP contribution in [0.3, 0.4) is 0 Å². The van der Waals surface area contributed by atoms with Gasteiger partial charge in [0.05, 0.1) is 12.0 Å². The topological polar surface area (TPSA) is 27.0 Å². The second-order valence-corrected chi connectivity index (χ2v) is 4.33. The van der Waals surface area contributed by atoms with Gasteiger partial charge in [-0.15, -0.1) is 0 Å². The van der Waals surface area contributed by atoms with Crippen LogP contribution in [-0.2, 0) is 6.54 Å². The van der Waals surface area contributed by atoms with Crippen LogP contribution in [0.15, 0.2) is 18.2 Å². The van der Waals surface area contributed by atoms with Crippen LogP contribution in [0, 0.1) is 23.1 Å². The van der Waals surface area contributed by atoms with Crippen molar-refractivity contribution in [2.45, 2.75) is 13.5 Å². The van der Waals surface area contributed by atoms with Gasteiger partial charge in [0.2, 0.25) is 0 Å². The third kappa shape index (κ3) is 3.48. The van der Waals surface area contributed by atoms with Crippen molar-refractivity contribution in [2.75, 3.05) is 13.6 Å². The summed E-state index contributed by atoms with van der Waals surface area (Å²) in [4.78, 5) is 1.89. The van der Waals surface area contributed by atoms with Crippen molar-refractivity contribution in [3.63, 3.8) is 0 Å². The molecule has 0 spiro atoms.